The van der Waals surface area contributed by atoms with Crippen LogP contribution in [0.4, 0.5) is 0 Å². The van der Waals surface area contributed by atoms with E-state index in [1.165, 1.54) is 32.1 Å². The van der Waals surface area contributed by atoms with Gasteiger partial charge in [0.05, 0.1) is 12.8 Å². The number of aliphatic hydroxyl groups is 1. The van der Waals surface area contributed by atoms with Gasteiger partial charge in [-0.3, -0.25) is 9.63 Å². The Morgan fingerprint density at radius 3 is 2.70 bits per heavy atom. The Morgan fingerprint density at radius 2 is 2.00 bits per heavy atom. The molecule has 1 aromatic heterocycles. The molecule has 6 nitrogen and oxygen atoms in total. The van der Waals surface area contributed by atoms with Crippen LogP contribution in [0.2, 0.25) is 0 Å². The number of aromatic nitrogens is 2. The van der Waals surface area contributed by atoms with Crippen molar-refractivity contribution in [1.82, 2.24) is 15.0 Å². The van der Waals surface area contributed by atoms with E-state index in [-0.39, 0.29) is 0 Å². The Labute approximate surface area is 135 Å². The highest BCUT2D eigenvalue weighted by atomic mass is 16.7. The summed E-state index contributed by atoms with van der Waals surface area (Å²) in [5.41, 5.74) is 2.54. The van der Waals surface area contributed by atoms with Gasteiger partial charge >= 0.3 is 5.91 Å². The van der Waals surface area contributed by atoms with E-state index in [1.807, 2.05) is 18.2 Å². The van der Waals surface area contributed by atoms with Crippen molar-refractivity contribution in [3.05, 3.63) is 65.4 Å². The van der Waals surface area contributed by atoms with Crippen LogP contribution in [-0.2, 0) is 22.5 Å². The second-order valence-corrected chi connectivity index (χ2v) is 4.93. The molecule has 2 rings (SSSR count). The highest BCUT2D eigenvalue weighted by Gasteiger charge is 2.13. The van der Waals surface area contributed by atoms with Crippen LogP contribution in [0, 0.1) is 0 Å². The van der Waals surface area contributed by atoms with Crippen LogP contribution in [-0.4, -0.2) is 40.2 Å². The molecule has 0 radical (unpaired) electrons. The topological polar surface area (TPSA) is 75.5 Å². The monoisotopic (exact) mass is 313 g/mol. The van der Waals surface area contributed by atoms with Crippen molar-refractivity contribution in [1.29, 1.82) is 0 Å². The van der Waals surface area contributed by atoms with Gasteiger partial charge in [0.25, 0.3) is 0 Å². The van der Waals surface area contributed by atoms with Gasteiger partial charge in [0.15, 0.2) is 5.76 Å². The molecular weight excluding hydrogens is 294 g/mol. The molecule has 1 amide bonds. The van der Waals surface area contributed by atoms with Crippen LogP contribution >= 0.6 is 0 Å². The Bertz CT molecular complexity index is 686. The molecule has 0 unspecified atom stereocenters. The number of hydroxylamine groups is 2. The lowest BCUT2D eigenvalue weighted by Gasteiger charge is -2.12. The smallest absolute Gasteiger partial charge is 0.312 e. The fourth-order valence-corrected chi connectivity index (χ4v) is 1.99. The summed E-state index contributed by atoms with van der Waals surface area (Å²) in [6.07, 6.45) is 4.33. The molecule has 0 aliphatic carbocycles. The van der Waals surface area contributed by atoms with Crippen molar-refractivity contribution in [2.45, 2.75) is 12.8 Å². The average Bonchev–Trinajstić information content (AvgIpc) is 2.59. The van der Waals surface area contributed by atoms with E-state index in [1.54, 1.807) is 6.07 Å². The summed E-state index contributed by atoms with van der Waals surface area (Å²) in [6.45, 7) is 0. The summed E-state index contributed by atoms with van der Waals surface area (Å²) in [7, 11) is 2.76. The van der Waals surface area contributed by atoms with Crippen LogP contribution in [0.25, 0.3) is 6.08 Å². The molecule has 1 N–H and O–H groups in total. The molecule has 2 aromatic rings. The standard InChI is InChI=1S/C17H19N3O3/c1-20(23-2)17(22)16(21)11-15-10-14(18-12-19-15)9-8-13-6-4-3-5-7-13/h3-7,10-12,21H,8-9H2,1-2H3/b16-11-. The fraction of sp³-hybridized carbons (Fsp3) is 0.235. The third-order valence-electron chi connectivity index (χ3n) is 3.32. The van der Waals surface area contributed by atoms with Crippen molar-refractivity contribution < 1.29 is 14.7 Å². The Morgan fingerprint density at radius 1 is 1.26 bits per heavy atom. The van der Waals surface area contributed by atoms with Gasteiger partial charge < -0.3 is 5.11 Å². The van der Waals surface area contributed by atoms with Crippen LogP contribution in [0.3, 0.4) is 0 Å². The van der Waals surface area contributed by atoms with Gasteiger partial charge in [0.2, 0.25) is 0 Å². The van der Waals surface area contributed by atoms with Gasteiger partial charge in [-0.1, -0.05) is 30.3 Å². The number of aryl methyl sites for hydroxylation is 2. The number of nitrogens with zero attached hydrogens (tertiary/aromatic N) is 3. The predicted molar refractivity (Wildman–Crippen MR) is 86.3 cm³/mol. The first-order valence-electron chi connectivity index (χ1n) is 7.18. The van der Waals surface area contributed by atoms with Crippen molar-refractivity contribution in [3.8, 4) is 0 Å². The number of hydrogen-bond donors (Lipinski definition) is 1. The summed E-state index contributed by atoms with van der Waals surface area (Å²) in [6, 6.07) is 11.9. The summed E-state index contributed by atoms with van der Waals surface area (Å²) >= 11 is 0. The SMILES string of the molecule is CON(C)C(=O)/C(O)=C/c1cc(CCc2ccccc2)ncn1. The number of benzene rings is 1. The molecule has 23 heavy (non-hydrogen) atoms. The van der Waals surface area contributed by atoms with Crippen molar-refractivity contribution in [2.24, 2.45) is 0 Å². The molecule has 0 aliphatic rings. The summed E-state index contributed by atoms with van der Waals surface area (Å²) in [5, 5.41) is 10.7. The van der Waals surface area contributed by atoms with Gasteiger partial charge in [-0.25, -0.2) is 15.0 Å². The van der Waals surface area contributed by atoms with E-state index in [0.29, 0.717) is 5.69 Å². The van der Waals surface area contributed by atoms with Gasteiger partial charge in [-0.2, -0.15) is 0 Å². The quantitative estimate of drug-likeness (QED) is 0.502. The lowest BCUT2D eigenvalue weighted by molar-refractivity contribution is -0.166. The number of amides is 1. The van der Waals surface area contributed by atoms with E-state index in [4.69, 9.17) is 4.84 Å². The first kappa shape index (κ1) is 16.6. The van der Waals surface area contributed by atoms with E-state index in [9.17, 15) is 9.90 Å². The van der Waals surface area contributed by atoms with Crippen LogP contribution in [0.5, 0.6) is 0 Å². The van der Waals surface area contributed by atoms with E-state index >= 15 is 0 Å². The van der Waals surface area contributed by atoms with Crippen LogP contribution in [0.15, 0.2) is 48.5 Å². The van der Waals surface area contributed by atoms with Crippen molar-refractivity contribution in [2.75, 3.05) is 14.2 Å². The van der Waals surface area contributed by atoms with Crippen molar-refractivity contribution in [3.63, 3.8) is 0 Å². The molecule has 0 atom stereocenters. The van der Waals surface area contributed by atoms with E-state index in [0.717, 1.165) is 23.6 Å². The molecule has 0 aliphatic heterocycles. The zero-order chi connectivity index (χ0) is 16.7. The summed E-state index contributed by atoms with van der Waals surface area (Å²) < 4.78 is 0. The fourth-order valence-electron chi connectivity index (χ4n) is 1.99. The lowest BCUT2D eigenvalue weighted by Crippen LogP contribution is -2.26. The number of hydrogen-bond acceptors (Lipinski definition) is 5. The number of likely N-dealkylation sites (N-methyl/N-ethyl adjacent to an activating group) is 1. The molecule has 1 aromatic carbocycles. The number of rotatable bonds is 6. The highest BCUT2D eigenvalue weighted by Crippen LogP contribution is 2.09. The number of carbonyl (C=O) groups excluding carboxylic acids is 1. The number of carbonyl (C=O) groups is 1. The van der Waals surface area contributed by atoms with Gasteiger partial charge in [0, 0.05) is 18.8 Å². The van der Waals surface area contributed by atoms with Crippen molar-refractivity contribution >= 4 is 12.0 Å². The van der Waals surface area contributed by atoms with Crippen LogP contribution < -0.4 is 0 Å². The minimum atomic E-state index is -0.642. The maximum absolute atomic E-state index is 11.7. The molecular formula is C17H19N3O3. The van der Waals surface area contributed by atoms with Gasteiger partial charge in [-0.15, -0.1) is 0 Å². The largest absolute Gasteiger partial charge is 0.503 e. The molecule has 6 heteroatoms. The third-order valence-corrected chi connectivity index (χ3v) is 3.32. The molecule has 0 fully saturated rings. The molecule has 1 heterocycles. The van der Waals surface area contributed by atoms with Crippen LogP contribution in [0.1, 0.15) is 17.0 Å². The number of aliphatic hydroxyl groups excluding tert-OH is 1. The highest BCUT2D eigenvalue weighted by molar-refractivity contribution is 5.94. The minimum Gasteiger partial charge on any atom is -0.503 e. The van der Waals surface area contributed by atoms with Gasteiger partial charge in [0.1, 0.15) is 6.33 Å². The molecule has 0 saturated carbocycles. The van der Waals surface area contributed by atoms with E-state index in [2.05, 4.69) is 22.1 Å². The lowest BCUT2D eigenvalue weighted by atomic mass is 10.1. The summed E-state index contributed by atoms with van der Waals surface area (Å²) in [4.78, 5) is 24.7. The maximum atomic E-state index is 11.7. The average molecular weight is 313 g/mol. The molecule has 0 saturated heterocycles. The normalized spacial score (nSPS) is 11.3. The second-order valence-electron chi connectivity index (χ2n) is 4.93. The Balaban J connectivity index is 2.06. The third kappa shape index (κ3) is 4.89. The van der Waals surface area contributed by atoms with Gasteiger partial charge in [-0.05, 0) is 24.5 Å². The summed E-state index contributed by atoms with van der Waals surface area (Å²) in [5.74, 6) is -1.08. The van der Waals surface area contributed by atoms with E-state index < -0.39 is 11.7 Å². The molecule has 0 bridgehead atoms. The molecule has 120 valence electrons. The Hall–Kier alpha value is -2.73. The zero-order valence-corrected chi connectivity index (χ0v) is 13.1. The minimum absolute atomic E-state index is 0.443. The second kappa shape index (κ2) is 8.05. The first-order valence-corrected chi connectivity index (χ1v) is 7.18. The zero-order valence-electron chi connectivity index (χ0n) is 13.1. The Kier molecular flexibility index (Phi) is 5.82. The first-order chi connectivity index (χ1) is 11.1. The molecule has 0 spiro atoms. The maximum Gasteiger partial charge on any atom is 0.312 e. The predicted octanol–water partition coefficient (Wildman–Crippen LogP) is 2.18.